The van der Waals surface area contributed by atoms with Crippen LogP contribution in [-0.2, 0) is 47.9 Å². The molecule has 6 aromatic carbocycles. The molecule has 0 aliphatic rings. The summed E-state index contributed by atoms with van der Waals surface area (Å²) in [5, 5.41) is 11.4. The summed E-state index contributed by atoms with van der Waals surface area (Å²) < 4.78 is 73.9. The van der Waals surface area contributed by atoms with Crippen LogP contribution in [0, 0.1) is 17.5 Å². The number of carbonyl (C=O) groups is 3. The fraction of sp³-hybridized carbons (Fsp3) is 0.227. The van der Waals surface area contributed by atoms with E-state index in [0.29, 0.717) is 161 Å². The lowest BCUT2D eigenvalue weighted by Crippen LogP contribution is -2.09. The molecule has 0 radical (unpaired) electrons. The molecule has 0 atom stereocenters. The van der Waals surface area contributed by atoms with Crippen molar-refractivity contribution in [3.8, 4) is 17.2 Å². The second-order valence-corrected chi connectivity index (χ2v) is 21.6. The third kappa shape index (κ3) is 22.0. The maximum absolute atomic E-state index is 13.5. The molecule has 0 bridgehead atoms. The second-order valence-electron chi connectivity index (χ2n) is 19.3. The number of nitrogens with one attached hydrogen (secondary N) is 3. The monoisotopic (exact) mass is 1430 g/mol. The van der Waals surface area contributed by atoms with Crippen LogP contribution in [0.3, 0.4) is 0 Å². The van der Waals surface area contributed by atoms with E-state index in [0.717, 1.165) is 0 Å². The fourth-order valence-corrected chi connectivity index (χ4v) is 9.77. The molecule has 0 spiro atoms. The first-order chi connectivity index (χ1) is 45.0. The fourth-order valence-electron chi connectivity index (χ4n) is 8.65. The maximum atomic E-state index is 13.5. The Kier molecular flexibility index (Phi) is 29.3. The van der Waals surface area contributed by atoms with E-state index in [-0.39, 0.29) is 51.7 Å². The van der Waals surface area contributed by atoms with Crippen molar-refractivity contribution in [3.63, 3.8) is 0 Å². The van der Waals surface area contributed by atoms with Crippen molar-refractivity contribution in [2.75, 3.05) is 75.4 Å². The van der Waals surface area contributed by atoms with Gasteiger partial charge in [0.1, 0.15) is 91.0 Å². The van der Waals surface area contributed by atoms with Gasteiger partial charge in [0.15, 0.2) is 17.3 Å². The van der Waals surface area contributed by atoms with E-state index in [9.17, 15) is 27.6 Å². The van der Waals surface area contributed by atoms with E-state index in [1.54, 1.807) is 48.5 Å². The van der Waals surface area contributed by atoms with Crippen LogP contribution in [0.4, 0.5) is 47.7 Å². The number of hydrogen-bond acceptors (Lipinski definition) is 18. The number of halogens is 9. The summed E-state index contributed by atoms with van der Waals surface area (Å²) in [5.41, 5.74) is 7.89. The molecule has 18 nitrogen and oxygen atoms in total. The molecule has 9 rings (SSSR count). The number of allylic oxidation sites excluding steroid dienone is 3. The molecule has 0 saturated heterocycles. The molecule has 0 amide bonds. The van der Waals surface area contributed by atoms with Crippen molar-refractivity contribution in [2.45, 2.75) is 40.0 Å². The van der Waals surface area contributed by atoms with Gasteiger partial charge >= 0.3 is 0 Å². The summed E-state index contributed by atoms with van der Waals surface area (Å²) in [7, 11) is 0. The van der Waals surface area contributed by atoms with Crippen LogP contribution in [-0.4, -0.2) is 107 Å². The number of rotatable bonds is 30. The van der Waals surface area contributed by atoms with Crippen molar-refractivity contribution in [1.82, 2.24) is 29.9 Å². The standard InChI is InChI=1S/C22H20BrClFN3O3.2C22H20Cl2FN3O3/c3*1-2-30-7-8-31-21-12-20-17(10-14(21)9-16(29)5-6-23)22(27-13-26-20)28-15-3-4-19(25)18(24)11-15/h3*3-6,10-13H,2,7-9H2,1H3,(H,26,27,28)/b2*6-5+;6-5-. The first-order valence-electron chi connectivity index (χ1n) is 28.5. The number of fused-ring (bicyclic) bond motifs is 3. The Morgan fingerprint density at radius 2 is 0.742 bits per heavy atom. The van der Waals surface area contributed by atoms with Crippen LogP contribution >= 0.6 is 73.9 Å². The Bertz CT molecular complexity index is 3750. The Morgan fingerprint density at radius 3 is 1.01 bits per heavy atom. The van der Waals surface area contributed by atoms with Gasteiger partial charge in [-0.25, -0.2) is 43.1 Å². The molecule has 0 saturated carbocycles. The molecule has 0 aliphatic heterocycles. The van der Waals surface area contributed by atoms with Gasteiger partial charge in [0.25, 0.3) is 0 Å². The minimum Gasteiger partial charge on any atom is -0.491 e. The SMILES string of the molecule is CCOCCOc1cc2ncnc(Nc3ccc(F)c(Cl)c3)c2cc1CC(=O)/C=C/Br.CCOCCOc1cc2ncnc(Nc3ccc(F)c(Cl)c3)c2cc1CC(=O)/C=C/Cl.CCOCCOc1cc2ncnc(Nc3ccc(F)c(Cl)c3)c2cc1CC(=O)/C=C\Cl. The summed E-state index contributed by atoms with van der Waals surface area (Å²) in [6.45, 7) is 9.76. The Morgan fingerprint density at radius 1 is 0.441 bits per heavy atom. The predicted octanol–water partition coefficient (Wildman–Crippen LogP) is 16.5. The van der Waals surface area contributed by atoms with Crippen LogP contribution < -0.4 is 30.2 Å². The van der Waals surface area contributed by atoms with E-state index in [1.165, 1.54) is 89.7 Å². The lowest BCUT2D eigenvalue weighted by Gasteiger charge is -2.14. The van der Waals surface area contributed by atoms with Gasteiger partial charge in [-0.2, -0.15) is 0 Å². The number of carbonyl (C=O) groups excluding carboxylic acids is 3. The molecule has 3 heterocycles. The number of aromatic nitrogens is 6. The normalized spacial score (nSPS) is 11.2. The van der Waals surface area contributed by atoms with Gasteiger partial charge in [-0.15, -0.1) is 0 Å². The smallest absolute Gasteiger partial charge is 0.161 e. The predicted molar refractivity (Wildman–Crippen MR) is 363 cm³/mol. The molecule has 486 valence electrons. The molecule has 93 heavy (non-hydrogen) atoms. The number of ether oxygens (including phenoxy) is 6. The average Bonchev–Trinajstić information content (AvgIpc) is 0.869. The Balaban J connectivity index is 0.000000198. The maximum Gasteiger partial charge on any atom is 0.161 e. The largest absolute Gasteiger partial charge is 0.491 e. The number of nitrogens with zero attached hydrogens (tertiary/aromatic N) is 6. The van der Waals surface area contributed by atoms with Crippen molar-refractivity contribution < 1.29 is 56.0 Å². The van der Waals surface area contributed by atoms with Gasteiger partial charge in [-0.3, -0.25) is 14.4 Å². The van der Waals surface area contributed by atoms with Gasteiger partial charge in [0, 0.05) is 118 Å². The zero-order chi connectivity index (χ0) is 66.7. The molecular weight excluding hydrogens is 1380 g/mol. The zero-order valence-corrected chi connectivity index (χ0v) is 55.5. The minimum atomic E-state index is -0.512. The van der Waals surface area contributed by atoms with Crippen molar-refractivity contribution in [1.29, 1.82) is 0 Å². The van der Waals surface area contributed by atoms with Crippen LogP contribution in [0.15, 0.2) is 144 Å². The lowest BCUT2D eigenvalue weighted by molar-refractivity contribution is -0.114. The molecule has 0 aliphatic carbocycles. The molecule has 0 unspecified atom stereocenters. The van der Waals surface area contributed by atoms with Crippen LogP contribution in [0.25, 0.3) is 32.7 Å². The highest BCUT2D eigenvalue weighted by Crippen LogP contribution is 2.35. The van der Waals surface area contributed by atoms with Crippen molar-refractivity contribution >= 4 is 159 Å². The van der Waals surface area contributed by atoms with E-state index in [1.807, 2.05) is 26.8 Å². The van der Waals surface area contributed by atoms with E-state index < -0.39 is 17.5 Å². The first kappa shape index (κ1) is 72.4. The third-order valence-corrected chi connectivity index (χ3v) is 14.3. The Hall–Kier alpha value is -8.03. The molecule has 3 aromatic heterocycles. The highest BCUT2D eigenvalue weighted by molar-refractivity contribution is 9.11. The van der Waals surface area contributed by atoms with Crippen LogP contribution in [0.5, 0.6) is 17.2 Å². The van der Waals surface area contributed by atoms with Gasteiger partial charge in [-0.05, 0) is 117 Å². The lowest BCUT2D eigenvalue weighted by atomic mass is 10.0. The molecule has 3 N–H and O–H groups in total. The summed E-state index contributed by atoms with van der Waals surface area (Å²) in [4.78, 5) is 63.9. The van der Waals surface area contributed by atoms with Crippen molar-refractivity contribution in [2.24, 2.45) is 0 Å². The van der Waals surface area contributed by atoms with E-state index >= 15 is 0 Å². The molecule has 0 fully saturated rings. The second kappa shape index (κ2) is 37.6. The number of ketones is 3. The van der Waals surface area contributed by atoms with Gasteiger partial charge in [0.2, 0.25) is 0 Å². The van der Waals surface area contributed by atoms with Gasteiger partial charge in [-0.1, -0.05) is 73.9 Å². The van der Waals surface area contributed by atoms with E-state index in [4.69, 9.17) is 86.4 Å². The summed E-state index contributed by atoms with van der Waals surface area (Å²) >= 11 is 31.8. The summed E-state index contributed by atoms with van der Waals surface area (Å²) in [6, 6.07) is 23.5. The number of anilines is 6. The first-order valence-corrected chi connectivity index (χ1v) is 31.5. The van der Waals surface area contributed by atoms with Gasteiger partial charge < -0.3 is 44.4 Å². The van der Waals surface area contributed by atoms with E-state index in [2.05, 4.69) is 61.8 Å². The van der Waals surface area contributed by atoms with Crippen molar-refractivity contribution in [3.05, 3.63) is 193 Å². The van der Waals surface area contributed by atoms with Crippen LogP contribution in [0.2, 0.25) is 15.1 Å². The number of hydrogen-bond donors (Lipinski definition) is 3. The highest BCUT2D eigenvalue weighted by Gasteiger charge is 2.18. The highest BCUT2D eigenvalue weighted by atomic mass is 79.9. The topological polar surface area (TPSA) is 220 Å². The Labute approximate surface area is 566 Å². The third-order valence-electron chi connectivity index (χ3n) is 12.9. The minimum absolute atomic E-state index is 0.00110. The van der Waals surface area contributed by atoms with Crippen LogP contribution in [0.1, 0.15) is 37.5 Å². The summed E-state index contributed by atoms with van der Waals surface area (Å²) in [6.07, 6.45) is 8.54. The summed E-state index contributed by atoms with van der Waals surface area (Å²) in [5.74, 6) is 1.08. The quantitative estimate of drug-likeness (QED) is 0.0281. The molecule has 9 aromatic rings. The average molecular weight is 1440 g/mol. The molecule has 27 heteroatoms. The number of benzene rings is 6. The van der Waals surface area contributed by atoms with Gasteiger partial charge in [0.05, 0.1) is 51.4 Å². The molecular formula is C66H60BrCl5F3N9O9. The zero-order valence-electron chi connectivity index (χ0n) is 50.1.